The van der Waals surface area contributed by atoms with Crippen molar-refractivity contribution in [1.82, 2.24) is 4.98 Å². The zero-order chi connectivity index (χ0) is 14.8. The molecular formula is C15H18N4O2. The van der Waals surface area contributed by atoms with Crippen molar-refractivity contribution in [3.63, 3.8) is 0 Å². The van der Waals surface area contributed by atoms with Gasteiger partial charge in [-0.05, 0) is 37.3 Å². The molecule has 6 nitrogen and oxygen atoms in total. The molecule has 2 heterocycles. The average Bonchev–Trinajstić information content (AvgIpc) is 2.53. The van der Waals surface area contributed by atoms with E-state index in [-0.39, 0.29) is 6.61 Å². The number of hydrogen-bond donors (Lipinski definition) is 1. The number of pyridine rings is 1. The predicted molar refractivity (Wildman–Crippen MR) is 76.7 cm³/mol. The molecular weight excluding hydrogens is 268 g/mol. The number of nitriles is 1. The number of nitrogens with two attached hydrogens (primary N) is 1. The highest BCUT2D eigenvalue weighted by Gasteiger charge is 2.31. The maximum atomic E-state index is 11.6. The third kappa shape index (κ3) is 2.57. The van der Waals surface area contributed by atoms with E-state index in [2.05, 4.69) is 11.1 Å². The summed E-state index contributed by atoms with van der Waals surface area (Å²) in [7, 11) is 0. The molecule has 6 heteroatoms. The van der Waals surface area contributed by atoms with Crippen LogP contribution in [0.3, 0.4) is 0 Å². The lowest BCUT2D eigenvalue weighted by molar-refractivity contribution is -0.121. The van der Waals surface area contributed by atoms with Crippen LogP contribution in [0.15, 0.2) is 6.07 Å². The summed E-state index contributed by atoms with van der Waals surface area (Å²) in [5.41, 5.74) is 8.17. The monoisotopic (exact) mass is 286 g/mol. The summed E-state index contributed by atoms with van der Waals surface area (Å²) in [6.45, 7) is 1.28. The van der Waals surface area contributed by atoms with Crippen LogP contribution in [-0.2, 0) is 22.4 Å². The first-order chi connectivity index (χ1) is 10.2. The Balaban J connectivity index is 2.03. The Morgan fingerprint density at radius 1 is 1.48 bits per heavy atom. The number of anilines is 1. The number of carbonyl (C=O) groups is 1. The van der Waals surface area contributed by atoms with Gasteiger partial charge in [-0.2, -0.15) is 5.26 Å². The molecule has 0 aromatic carbocycles. The third-order valence-corrected chi connectivity index (χ3v) is 4.13. The molecule has 110 valence electrons. The highest BCUT2D eigenvalue weighted by Crippen LogP contribution is 2.28. The van der Waals surface area contributed by atoms with Gasteiger partial charge >= 0.3 is 0 Å². The van der Waals surface area contributed by atoms with Crippen molar-refractivity contribution in [2.45, 2.75) is 31.7 Å². The van der Waals surface area contributed by atoms with Crippen LogP contribution in [0.1, 0.15) is 29.7 Å². The molecule has 1 atom stereocenters. The van der Waals surface area contributed by atoms with Gasteiger partial charge in [0.1, 0.15) is 17.9 Å². The van der Waals surface area contributed by atoms with Crippen molar-refractivity contribution >= 4 is 11.7 Å². The lowest BCUT2D eigenvalue weighted by atomic mass is 9.94. The Morgan fingerprint density at radius 3 is 3.05 bits per heavy atom. The van der Waals surface area contributed by atoms with Gasteiger partial charge in [0.15, 0.2) is 0 Å². The maximum Gasteiger partial charge on any atom is 0.242 e. The lowest BCUT2D eigenvalue weighted by Crippen LogP contribution is -2.53. The Kier molecular flexibility index (Phi) is 3.76. The summed E-state index contributed by atoms with van der Waals surface area (Å²) in [4.78, 5) is 18.1. The highest BCUT2D eigenvalue weighted by molar-refractivity contribution is 5.84. The van der Waals surface area contributed by atoms with Gasteiger partial charge in [-0.3, -0.25) is 4.79 Å². The molecule has 2 aliphatic rings. The van der Waals surface area contributed by atoms with Gasteiger partial charge in [0.2, 0.25) is 5.91 Å². The van der Waals surface area contributed by atoms with Crippen LogP contribution in [0.25, 0.3) is 0 Å². The molecule has 0 radical (unpaired) electrons. The van der Waals surface area contributed by atoms with Crippen molar-refractivity contribution in [3.8, 4) is 6.07 Å². The first kappa shape index (κ1) is 13.8. The number of hydrogen-bond acceptors (Lipinski definition) is 5. The minimum absolute atomic E-state index is 0.249. The van der Waals surface area contributed by atoms with E-state index in [1.165, 1.54) is 0 Å². The Bertz CT molecular complexity index is 608. The minimum Gasteiger partial charge on any atom is -0.377 e. The quantitative estimate of drug-likeness (QED) is 0.855. The summed E-state index contributed by atoms with van der Waals surface area (Å²) >= 11 is 0. The molecule has 1 aromatic heterocycles. The second-order valence-corrected chi connectivity index (χ2v) is 5.47. The second-order valence-electron chi connectivity index (χ2n) is 5.47. The molecule has 1 aromatic rings. The Morgan fingerprint density at radius 2 is 2.29 bits per heavy atom. The van der Waals surface area contributed by atoms with E-state index >= 15 is 0 Å². The number of primary amides is 1. The standard InChI is InChI=1S/C15H18N4O2/c16-8-11-7-10-3-1-2-4-12(10)18-15(11)19-5-6-21-9-13(19)14(17)20/h7,13H,1-6,9H2,(H2,17,20). The molecule has 1 unspecified atom stereocenters. The molecule has 1 aliphatic heterocycles. The molecule has 1 saturated heterocycles. The molecule has 0 spiro atoms. The highest BCUT2D eigenvalue weighted by atomic mass is 16.5. The van der Waals surface area contributed by atoms with Gasteiger partial charge in [0.25, 0.3) is 0 Å². The third-order valence-electron chi connectivity index (χ3n) is 4.13. The summed E-state index contributed by atoms with van der Waals surface area (Å²) < 4.78 is 5.33. The summed E-state index contributed by atoms with van der Waals surface area (Å²) in [5, 5.41) is 9.41. The van der Waals surface area contributed by atoms with E-state index in [9.17, 15) is 10.1 Å². The number of ether oxygens (including phenoxy) is 1. The summed E-state index contributed by atoms with van der Waals surface area (Å²) in [6, 6.07) is 3.57. The van der Waals surface area contributed by atoms with E-state index in [1.54, 1.807) is 0 Å². The van der Waals surface area contributed by atoms with E-state index < -0.39 is 11.9 Å². The first-order valence-electron chi connectivity index (χ1n) is 7.27. The topological polar surface area (TPSA) is 92.2 Å². The van der Waals surface area contributed by atoms with Crippen LogP contribution in [0.4, 0.5) is 5.82 Å². The van der Waals surface area contributed by atoms with Gasteiger partial charge in [-0.1, -0.05) is 0 Å². The molecule has 2 N–H and O–H groups in total. The average molecular weight is 286 g/mol. The predicted octanol–water partition coefficient (Wildman–Crippen LogP) is 0.523. The van der Waals surface area contributed by atoms with Crippen molar-refractivity contribution < 1.29 is 9.53 Å². The fourth-order valence-electron chi connectivity index (χ4n) is 3.02. The smallest absolute Gasteiger partial charge is 0.242 e. The van der Waals surface area contributed by atoms with E-state index in [1.807, 2.05) is 11.0 Å². The number of amides is 1. The number of fused-ring (bicyclic) bond motifs is 1. The van der Waals surface area contributed by atoms with E-state index in [0.717, 1.165) is 36.9 Å². The summed E-state index contributed by atoms with van der Waals surface area (Å²) in [5.74, 6) is 0.128. The van der Waals surface area contributed by atoms with Crippen LogP contribution in [0, 0.1) is 11.3 Å². The van der Waals surface area contributed by atoms with Crippen molar-refractivity contribution in [3.05, 3.63) is 22.9 Å². The maximum absolute atomic E-state index is 11.6. The van der Waals surface area contributed by atoms with Gasteiger partial charge in [0, 0.05) is 12.2 Å². The fraction of sp³-hybridized carbons (Fsp3) is 0.533. The van der Waals surface area contributed by atoms with E-state index in [4.69, 9.17) is 10.5 Å². The second kappa shape index (κ2) is 5.70. The van der Waals surface area contributed by atoms with Gasteiger partial charge in [0.05, 0.1) is 18.8 Å². The number of rotatable bonds is 2. The minimum atomic E-state index is -0.556. The number of aryl methyl sites for hydroxylation is 2. The van der Waals surface area contributed by atoms with Crippen LogP contribution in [0.2, 0.25) is 0 Å². The number of morpholine rings is 1. The summed E-state index contributed by atoms with van der Waals surface area (Å²) in [6.07, 6.45) is 4.16. The van der Waals surface area contributed by atoms with Crippen LogP contribution >= 0.6 is 0 Å². The number of aromatic nitrogens is 1. The zero-order valence-corrected chi connectivity index (χ0v) is 11.8. The Labute approximate surface area is 123 Å². The first-order valence-corrected chi connectivity index (χ1v) is 7.27. The normalized spacial score (nSPS) is 21.5. The van der Waals surface area contributed by atoms with Crippen molar-refractivity contribution in [1.29, 1.82) is 5.26 Å². The van der Waals surface area contributed by atoms with Crippen LogP contribution in [0.5, 0.6) is 0 Å². The zero-order valence-electron chi connectivity index (χ0n) is 11.8. The number of carbonyl (C=O) groups excluding carboxylic acids is 1. The van der Waals surface area contributed by atoms with Crippen LogP contribution < -0.4 is 10.6 Å². The molecule has 0 bridgehead atoms. The van der Waals surface area contributed by atoms with E-state index in [0.29, 0.717) is 24.5 Å². The Hall–Kier alpha value is -2.13. The van der Waals surface area contributed by atoms with Gasteiger partial charge < -0.3 is 15.4 Å². The molecule has 21 heavy (non-hydrogen) atoms. The van der Waals surface area contributed by atoms with Crippen LogP contribution in [-0.4, -0.2) is 36.7 Å². The molecule has 3 rings (SSSR count). The largest absolute Gasteiger partial charge is 0.377 e. The molecule has 1 amide bonds. The SMILES string of the molecule is N#Cc1cc2c(nc1N1CCOCC1C(N)=O)CCCC2. The lowest BCUT2D eigenvalue weighted by Gasteiger charge is -2.35. The van der Waals surface area contributed by atoms with Crippen molar-refractivity contribution in [2.75, 3.05) is 24.7 Å². The fourth-order valence-corrected chi connectivity index (χ4v) is 3.02. The molecule has 0 saturated carbocycles. The molecule has 1 aliphatic carbocycles. The van der Waals surface area contributed by atoms with Gasteiger partial charge in [-0.25, -0.2) is 4.98 Å². The van der Waals surface area contributed by atoms with Gasteiger partial charge in [-0.15, -0.1) is 0 Å². The van der Waals surface area contributed by atoms with Crippen molar-refractivity contribution in [2.24, 2.45) is 5.73 Å². The number of nitrogens with zero attached hydrogens (tertiary/aromatic N) is 3. The molecule has 1 fully saturated rings.